The molecule has 0 aliphatic rings. The Balaban J connectivity index is 3.04. The van der Waals surface area contributed by atoms with Gasteiger partial charge in [0.1, 0.15) is 5.82 Å². The van der Waals surface area contributed by atoms with Crippen LogP contribution in [-0.4, -0.2) is 10.1 Å². The quantitative estimate of drug-likeness (QED) is 0.500. The van der Waals surface area contributed by atoms with Crippen LogP contribution in [0.25, 0.3) is 0 Å². The molecule has 0 amide bonds. The Bertz CT molecular complexity index is 236. The molecule has 0 saturated heterocycles. The van der Waals surface area contributed by atoms with Crippen molar-refractivity contribution in [3.8, 4) is 0 Å². The van der Waals surface area contributed by atoms with Gasteiger partial charge in [-0.1, -0.05) is 0 Å². The summed E-state index contributed by atoms with van der Waals surface area (Å²) in [5, 5.41) is 8.59. The average Bonchev–Trinajstić information content (AvgIpc) is 1.95. The van der Waals surface area contributed by atoms with Gasteiger partial charge in [0.15, 0.2) is 0 Å². The molecule has 5 N–H and O–H groups in total. The van der Waals surface area contributed by atoms with E-state index in [0.29, 0.717) is 11.4 Å². The van der Waals surface area contributed by atoms with Crippen LogP contribution >= 0.6 is 0 Å². The van der Waals surface area contributed by atoms with Crippen molar-refractivity contribution in [2.45, 2.75) is 6.61 Å². The summed E-state index contributed by atoms with van der Waals surface area (Å²) in [6.07, 6.45) is 0. The van der Waals surface area contributed by atoms with E-state index < -0.39 is 0 Å². The lowest BCUT2D eigenvalue weighted by molar-refractivity contribution is 0.277. The molecule has 0 unspecified atom stereocenters. The van der Waals surface area contributed by atoms with Gasteiger partial charge in [0.2, 0.25) is 0 Å². The van der Waals surface area contributed by atoms with Crippen molar-refractivity contribution in [1.29, 1.82) is 0 Å². The zero-order valence-corrected chi connectivity index (χ0v) is 5.41. The lowest BCUT2D eigenvalue weighted by Crippen LogP contribution is -2.00. The highest BCUT2D eigenvalue weighted by Crippen LogP contribution is 2.10. The predicted molar refractivity (Wildman–Crippen MR) is 39.0 cm³/mol. The van der Waals surface area contributed by atoms with Gasteiger partial charge < -0.3 is 16.6 Å². The summed E-state index contributed by atoms with van der Waals surface area (Å²) in [4.78, 5) is 3.79. The lowest BCUT2D eigenvalue weighted by atomic mass is 10.3. The van der Waals surface area contributed by atoms with E-state index in [1.807, 2.05) is 0 Å². The van der Waals surface area contributed by atoms with Gasteiger partial charge in [0.05, 0.1) is 18.0 Å². The second-order valence-electron chi connectivity index (χ2n) is 1.94. The van der Waals surface area contributed by atoms with Gasteiger partial charge in [0, 0.05) is 0 Å². The van der Waals surface area contributed by atoms with Crippen molar-refractivity contribution < 1.29 is 5.11 Å². The van der Waals surface area contributed by atoms with Crippen molar-refractivity contribution in [2.75, 3.05) is 11.5 Å². The molecule has 0 aliphatic carbocycles. The smallest absolute Gasteiger partial charge is 0.146 e. The highest BCUT2D eigenvalue weighted by molar-refractivity contribution is 5.57. The van der Waals surface area contributed by atoms with Gasteiger partial charge in [-0.05, 0) is 12.1 Å². The number of nitrogen functional groups attached to an aromatic ring is 2. The largest absolute Gasteiger partial charge is 0.396 e. The van der Waals surface area contributed by atoms with E-state index in [0.717, 1.165) is 0 Å². The molecule has 0 bridgehead atoms. The van der Waals surface area contributed by atoms with Gasteiger partial charge in [0.25, 0.3) is 0 Å². The van der Waals surface area contributed by atoms with Crippen molar-refractivity contribution >= 4 is 11.5 Å². The number of aliphatic hydroxyl groups is 1. The Morgan fingerprint density at radius 1 is 1.40 bits per heavy atom. The number of aliphatic hydroxyl groups excluding tert-OH is 1. The number of hydrogen-bond donors (Lipinski definition) is 3. The molecular weight excluding hydrogens is 130 g/mol. The number of pyridine rings is 1. The van der Waals surface area contributed by atoms with Crippen LogP contribution in [0.15, 0.2) is 12.1 Å². The van der Waals surface area contributed by atoms with Gasteiger partial charge in [-0.15, -0.1) is 0 Å². The van der Waals surface area contributed by atoms with Gasteiger partial charge in [-0.3, -0.25) is 0 Å². The third-order valence-electron chi connectivity index (χ3n) is 1.18. The maximum atomic E-state index is 8.59. The fourth-order valence-corrected chi connectivity index (χ4v) is 0.616. The topological polar surface area (TPSA) is 85.2 Å². The van der Waals surface area contributed by atoms with Crippen molar-refractivity contribution in [3.05, 3.63) is 17.8 Å². The number of hydrogen-bond acceptors (Lipinski definition) is 4. The standard InChI is InChI=1S/C6H9N3O/c7-5-2-1-4(3-10)9-6(5)8/h1-2,10H,3,7H2,(H2,8,9). The summed E-state index contributed by atoms with van der Waals surface area (Å²) in [5.74, 6) is 0.270. The fraction of sp³-hybridized carbons (Fsp3) is 0.167. The zero-order chi connectivity index (χ0) is 7.56. The third-order valence-corrected chi connectivity index (χ3v) is 1.18. The molecule has 0 fully saturated rings. The molecule has 0 saturated carbocycles. The van der Waals surface area contributed by atoms with E-state index in [4.69, 9.17) is 16.6 Å². The van der Waals surface area contributed by atoms with Crippen LogP contribution in [0.3, 0.4) is 0 Å². The Morgan fingerprint density at radius 3 is 2.60 bits per heavy atom. The van der Waals surface area contributed by atoms with Crippen LogP contribution in [0.2, 0.25) is 0 Å². The summed E-state index contributed by atoms with van der Waals surface area (Å²) in [5.41, 5.74) is 11.7. The highest BCUT2D eigenvalue weighted by Gasteiger charge is 1.95. The predicted octanol–water partition coefficient (Wildman–Crippen LogP) is -0.262. The summed E-state index contributed by atoms with van der Waals surface area (Å²) >= 11 is 0. The first-order chi connectivity index (χ1) is 4.74. The highest BCUT2D eigenvalue weighted by atomic mass is 16.3. The first-order valence-electron chi connectivity index (χ1n) is 2.86. The molecule has 0 atom stereocenters. The Labute approximate surface area is 58.5 Å². The zero-order valence-electron chi connectivity index (χ0n) is 5.41. The minimum Gasteiger partial charge on any atom is -0.396 e. The Kier molecular flexibility index (Phi) is 1.73. The van der Waals surface area contributed by atoms with Crippen LogP contribution in [0.1, 0.15) is 5.69 Å². The third kappa shape index (κ3) is 1.16. The van der Waals surface area contributed by atoms with E-state index in [9.17, 15) is 0 Å². The van der Waals surface area contributed by atoms with Crippen LogP contribution in [-0.2, 0) is 6.61 Å². The van der Waals surface area contributed by atoms with Gasteiger partial charge in [-0.2, -0.15) is 0 Å². The summed E-state index contributed by atoms with van der Waals surface area (Å²) < 4.78 is 0. The van der Waals surface area contributed by atoms with E-state index in [1.54, 1.807) is 12.1 Å². The minimum absolute atomic E-state index is 0.107. The van der Waals surface area contributed by atoms with Crippen molar-refractivity contribution in [1.82, 2.24) is 4.98 Å². The van der Waals surface area contributed by atoms with Crippen LogP contribution in [0.5, 0.6) is 0 Å². The molecule has 4 heteroatoms. The number of nitrogens with two attached hydrogens (primary N) is 2. The van der Waals surface area contributed by atoms with E-state index >= 15 is 0 Å². The molecule has 1 heterocycles. The second kappa shape index (κ2) is 2.53. The molecule has 0 radical (unpaired) electrons. The number of rotatable bonds is 1. The lowest BCUT2D eigenvalue weighted by Gasteiger charge is -1.99. The molecule has 4 nitrogen and oxygen atoms in total. The van der Waals surface area contributed by atoms with Crippen LogP contribution in [0, 0.1) is 0 Å². The van der Waals surface area contributed by atoms with Crippen LogP contribution < -0.4 is 11.5 Å². The fourth-order valence-electron chi connectivity index (χ4n) is 0.616. The van der Waals surface area contributed by atoms with Crippen molar-refractivity contribution in [2.24, 2.45) is 0 Å². The summed E-state index contributed by atoms with van der Waals surface area (Å²) in [6.45, 7) is -0.107. The summed E-state index contributed by atoms with van der Waals surface area (Å²) in [7, 11) is 0. The SMILES string of the molecule is Nc1ccc(CO)nc1N. The van der Waals surface area contributed by atoms with E-state index in [1.165, 1.54) is 0 Å². The molecule has 1 aromatic rings. The van der Waals surface area contributed by atoms with Crippen molar-refractivity contribution in [3.63, 3.8) is 0 Å². The van der Waals surface area contributed by atoms with Crippen LogP contribution in [0.4, 0.5) is 11.5 Å². The second-order valence-corrected chi connectivity index (χ2v) is 1.94. The minimum atomic E-state index is -0.107. The maximum Gasteiger partial charge on any atom is 0.146 e. The van der Waals surface area contributed by atoms with Gasteiger partial charge in [-0.25, -0.2) is 4.98 Å². The molecule has 1 aromatic heterocycles. The first kappa shape index (κ1) is 6.82. The summed E-state index contributed by atoms with van der Waals surface area (Å²) in [6, 6.07) is 3.25. The molecule has 0 aliphatic heterocycles. The molecule has 0 spiro atoms. The maximum absolute atomic E-state index is 8.59. The molecule has 0 aromatic carbocycles. The first-order valence-corrected chi connectivity index (χ1v) is 2.86. The molecule has 54 valence electrons. The average molecular weight is 139 g/mol. The van der Waals surface area contributed by atoms with E-state index in [-0.39, 0.29) is 12.4 Å². The Hall–Kier alpha value is -1.29. The normalized spacial score (nSPS) is 9.70. The monoisotopic (exact) mass is 139 g/mol. The molecular formula is C6H9N3O. The number of nitrogens with zero attached hydrogens (tertiary/aromatic N) is 1. The molecule has 1 rings (SSSR count). The Morgan fingerprint density at radius 2 is 2.10 bits per heavy atom. The molecule has 10 heavy (non-hydrogen) atoms. The van der Waals surface area contributed by atoms with E-state index in [2.05, 4.69) is 4.98 Å². The number of aromatic nitrogens is 1. The van der Waals surface area contributed by atoms with Gasteiger partial charge >= 0.3 is 0 Å². The number of anilines is 2.